The number of hydrogen-bond acceptors (Lipinski definition) is 5. The van der Waals surface area contributed by atoms with Crippen LogP contribution in [0.15, 0.2) is 54.8 Å². The fraction of sp³-hybridized carbons (Fsp3) is 0.310. The molecule has 6 rings (SSSR count). The first-order valence-corrected chi connectivity index (χ1v) is 13.2. The topological polar surface area (TPSA) is 82.0 Å². The molecule has 1 atom stereocenters. The van der Waals surface area contributed by atoms with Crippen LogP contribution in [0.4, 0.5) is 15.7 Å². The molecule has 0 spiro atoms. The molecule has 10 heteroatoms. The fourth-order valence-electron chi connectivity index (χ4n) is 5.56. The zero-order chi connectivity index (χ0) is 27.1. The van der Waals surface area contributed by atoms with Gasteiger partial charge in [-0.05, 0) is 0 Å². The molecule has 8 nitrogen and oxygen atoms in total. The van der Waals surface area contributed by atoms with Crippen molar-refractivity contribution in [3.63, 3.8) is 0 Å². The molecule has 2 N–H and O–H groups in total. The number of aromatic nitrogens is 2. The predicted molar refractivity (Wildman–Crippen MR) is 150 cm³/mol. The number of hydrogen-bond donors (Lipinski definition) is 2. The van der Waals surface area contributed by atoms with E-state index in [-0.39, 0.29) is 23.5 Å². The van der Waals surface area contributed by atoms with Gasteiger partial charge in [0.25, 0.3) is 0 Å². The monoisotopic (exact) mass is 524 g/mol. The zero-order valence-electron chi connectivity index (χ0n) is 22.1. The third kappa shape index (κ3) is 4.92. The van der Waals surface area contributed by atoms with Crippen LogP contribution in [0.5, 0.6) is 0 Å². The Bertz CT molecular complexity index is 1570. The molecule has 3 aromatic heterocycles. The molecule has 0 radical (unpaired) electrons. The number of halogens is 1. The molecule has 0 aliphatic carbocycles. The SMILES string of the molecule is CN(C)CCN1CCC(c2cbc(Nc3ccc(-c4cnc5cc(F)ccn45)c4c3C(=O)NC4)cc2)CC1=O. The molecule has 1 unspecified atom stereocenters. The number of carbonyl (C=O) groups excluding carboxylic acids is 2. The normalized spacial score (nSPS) is 17.0. The number of benzene rings is 1. The number of piperidine rings is 1. The first kappa shape index (κ1) is 25.2. The molecule has 1 fully saturated rings. The number of likely N-dealkylation sites (tertiary alicyclic amines) is 1. The third-order valence-corrected chi connectivity index (χ3v) is 7.72. The van der Waals surface area contributed by atoms with Gasteiger partial charge in [-0.25, -0.2) is 0 Å². The van der Waals surface area contributed by atoms with E-state index in [1.54, 1.807) is 12.4 Å². The van der Waals surface area contributed by atoms with Crippen molar-refractivity contribution in [2.45, 2.75) is 25.3 Å². The Balaban J connectivity index is 1.20. The fourth-order valence-corrected chi connectivity index (χ4v) is 5.56. The van der Waals surface area contributed by atoms with Crippen LogP contribution in [-0.2, 0) is 11.3 Å². The van der Waals surface area contributed by atoms with Crippen LogP contribution in [0.2, 0.25) is 0 Å². The molecule has 2 amide bonds. The average molecular weight is 524 g/mol. The molecular formula is C29H30BFN6O2. The molecule has 0 bridgehead atoms. The summed E-state index contributed by atoms with van der Waals surface area (Å²) in [6, 6.07) is 10.7. The minimum absolute atomic E-state index is 0.134. The Labute approximate surface area is 227 Å². The van der Waals surface area contributed by atoms with Gasteiger partial charge in [0.05, 0.1) is 0 Å². The van der Waals surface area contributed by atoms with E-state index < -0.39 is 0 Å². The number of amides is 2. The van der Waals surface area contributed by atoms with Gasteiger partial charge in [0.2, 0.25) is 0 Å². The number of imidazole rings is 1. The maximum atomic E-state index is 13.7. The number of pyridine rings is 1. The number of carbonyl (C=O) groups is 2. The Morgan fingerprint density at radius 3 is 2.85 bits per heavy atom. The number of likely N-dealkylation sites (N-methyl/N-ethyl adjacent to an activating group) is 1. The number of nitrogens with one attached hydrogen (secondary N) is 2. The summed E-state index contributed by atoms with van der Waals surface area (Å²) in [5.41, 5.74) is 6.43. The van der Waals surface area contributed by atoms with Crippen LogP contribution in [0.1, 0.15) is 40.2 Å². The second-order valence-corrected chi connectivity index (χ2v) is 10.5. The van der Waals surface area contributed by atoms with E-state index in [1.807, 2.05) is 48.5 Å². The number of anilines is 2. The molecule has 0 saturated carbocycles. The van der Waals surface area contributed by atoms with Gasteiger partial charge in [0.1, 0.15) is 0 Å². The van der Waals surface area contributed by atoms with E-state index in [0.717, 1.165) is 59.7 Å². The van der Waals surface area contributed by atoms with Crippen molar-refractivity contribution < 1.29 is 14.0 Å². The Hall–Kier alpha value is -4.05. The van der Waals surface area contributed by atoms with Gasteiger partial charge >= 0.3 is 227 Å². The van der Waals surface area contributed by atoms with Crippen molar-refractivity contribution in [3.05, 3.63) is 77.3 Å². The van der Waals surface area contributed by atoms with Gasteiger partial charge < -0.3 is 0 Å². The van der Waals surface area contributed by atoms with E-state index >= 15 is 0 Å². The van der Waals surface area contributed by atoms with Crippen molar-refractivity contribution in [2.75, 3.05) is 39.0 Å². The second-order valence-electron chi connectivity index (χ2n) is 10.5. The summed E-state index contributed by atoms with van der Waals surface area (Å²) in [4.78, 5) is 33.9. The van der Waals surface area contributed by atoms with Crippen LogP contribution in [-0.4, -0.2) is 71.6 Å². The van der Waals surface area contributed by atoms with Gasteiger partial charge in [0.15, 0.2) is 0 Å². The van der Waals surface area contributed by atoms with E-state index in [0.29, 0.717) is 24.2 Å². The van der Waals surface area contributed by atoms with Gasteiger partial charge in [-0.15, -0.1) is 0 Å². The second kappa shape index (κ2) is 10.3. The van der Waals surface area contributed by atoms with Crippen molar-refractivity contribution in [1.82, 2.24) is 24.5 Å². The van der Waals surface area contributed by atoms with Gasteiger partial charge in [0, 0.05) is 0 Å². The molecule has 198 valence electrons. The van der Waals surface area contributed by atoms with E-state index in [1.165, 1.54) is 12.1 Å². The standard InChI is InChI=1S/C29H30BFN6O2/c1-35(2)11-12-36-9-7-18(13-27(36)38)19-3-6-25(30-15-19)34-23-5-4-21(22-16-33-29(39)28(22)23)24-17-32-26-14-20(31)8-10-37(24)26/h3-6,8,10,14-15,17-18,34H,7,9,11-13,16H2,1-2H3,(H,33,39). The Morgan fingerprint density at radius 2 is 2.08 bits per heavy atom. The van der Waals surface area contributed by atoms with E-state index in [4.69, 9.17) is 0 Å². The van der Waals surface area contributed by atoms with Crippen LogP contribution in [0, 0.1) is 5.82 Å². The van der Waals surface area contributed by atoms with E-state index in [2.05, 4.69) is 32.5 Å². The number of rotatable bonds is 7. The van der Waals surface area contributed by atoms with Crippen molar-refractivity contribution >= 4 is 35.6 Å². The maximum absolute atomic E-state index is 13.7. The van der Waals surface area contributed by atoms with Crippen LogP contribution in [0.3, 0.4) is 0 Å². The quantitative estimate of drug-likeness (QED) is 0.385. The van der Waals surface area contributed by atoms with Crippen LogP contribution < -0.4 is 10.6 Å². The average Bonchev–Trinajstić information content (AvgIpc) is 3.52. The summed E-state index contributed by atoms with van der Waals surface area (Å²) in [6.07, 6.45) is 4.84. The number of nitrogens with zero attached hydrogens (tertiary/aromatic N) is 4. The first-order chi connectivity index (χ1) is 18.9. The van der Waals surface area contributed by atoms with Crippen LogP contribution in [0.25, 0.3) is 16.9 Å². The summed E-state index contributed by atoms with van der Waals surface area (Å²) >= 11 is 0. The van der Waals surface area contributed by atoms with Crippen LogP contribution >= 0.6 is 0 Å². The van der Waals surface area contributed by atoms with E-state index in [9.17, 15) is 14.0 Å². The van der Waals surface area contributed by atoms with Crippen molar-refractivity contribution in [3.8, 4) is 11.3 Å². The summed E-state index contributed by atoms with van der Waals surface area (Å²) in [6.45, 7) is 4.84. The third-order valence-electron chi connectivity index (χ3n) is 7.72. The van der Waals surface area contributed by atoms with Gasteiger partial charge in [-0.1, -0.05) is 0 Å². The Kier molecular flexibility index (Phi) is 6.64. The van der Waals surface area contributed by atoms with Gasteiger partial charge in [-0.2, -0.15) is 0 Å². The molecular weight excluding hydrogens is 494 g/mol. The van der Waals surface area contributed by atoms with Crippen molar-refractivity contribution in [2.24, 2.45) is 0 Å². The minimum atomic E-state index is -0.343. The molecule has 1 aromatic carbocycles. The summed E-state index contributed by atoms with van der Waals surface area (Å²) in [5.74, 6) is 2.03. The molecule has 1 saturated heterocycles. The Morgan fingerprint density at radius 1 is 1.21 bits per heavy atom. The summed E-state index contributed by atoms with van der Waals surface area (Å²) in [5, 5.41) is 6.35. The molecule has 5 heterocycles. The predicted octanol–water partition coefficient (Wildman–Crippen LogP) is 3.73. The van der Waals surface area contributed by atoms with Crippen molar-refractivity contribution in [1.29, 1.82) is 0 Å². The summed E-state index contributed by atoms with van der Waals surface area (Å²) < 4.78 is 15.5. The van der Waals surface area contributed by atoms with Gasteiger partial charge in [-0.3, -0.25) is 0 Å². The first-order valence-electron chi connectivity index (χ1n) is 13.2. The number of fused-ring (bicyclic) bond motifs is 2. The molecule has 39 heavy (non-hydrogen) atoms. The molecule has 2 aliphatic heterocycles. The molecule has 2 aliphatic rings. The zero-order valence-corrected chi connectivity index (χ0v) is 22.1. The summed E-state index contributed by atoms with van der Waals surface area (Å²) in [7, 11) is 4.04. The molecule has 4 aromatic rings.